The number of sulfonamides is 1. The number of likely N-dealkylation sites (N-methyl/N-ethyl adjacent to an activating group) is 1. The van der Waals surface area contributed by atoms with Gasteiger partial charge in [0.15, 0.2) is 0 Å². The molecule has 2 amide bonds. The summed E-state index contributed by atoms with van der Waals surface area (Å²) in [6.07, 6.45) is 0.708. The molecule has 0 atom stereocenters. The van der Waals surface area contributed by atoms with Crippen molar-refractivity contribution in [3.63, 3.8) is 0 Å². The Hall–Kier alpha value is -2.98. The first-order valence-corrected chi connectivity index (χ1v) is 11.7. The van der Waals surface area contributed by atoms with Gasteiger partial charge in [0.05, 0.1) is 17.1 Å². The molecule has 0 unspecified atom stereocenters. The first-order chi connectivity index (χ1) is 15.2. The Labute approximate surface area is 187 Å². The molecule has 8 nitrogen and oxygen atoms in total. The number of hydrogen-bond acceptors (Lipinski definition) is 5. The molecule has 10 heteroatoms. The highest BCUT2D eigenvalue weighted by Gasteiger charge is 2.24. The summed E-state index contributed by atoms with van der Waals surface area (Å²) < 4.78 is 41.5. The van der Waals surface area contributed by atoms with Gasteiger partial charge in [-0.15, -0.1) is 0 Å². The molecule has 0 aromatic heterocycles. The van der Waals surface area contributed by atoms with Crippen LogP contribution in [0.25, 0.3) is 0 Å². The molecule has 1 fully saturated rings. The van der Waals surface area contributed by atoms with Crippen LogP contribution in [0.4, 0.5) is 10.1 Å². The van der Waals surface area contributed by atoms with E-state index in [1.807, 2.05) is 4.90 Å². The van der Waals surface area contributed by atoms with Crippen molar-refractivity contribution in [2.45, 2.75) is 11.3 Å². The number of para-hydroxylation sites is 1. The van der Waals surface area contributed by atoms with Crippen molar-refractivity contribution in [2.75, 3.05) is 51.5 Å². The quantitative estimate of drug-likeness (QED) is 0.708. The minimum absolute atomic E-state index is 0.00466. The van der Waals surface area contributed by atoms with Crippen molar-refractivity contribution < 1.29 is 22.4 Å². The van der Waals surface area contributed by atoms with Crippen LogP contribution < -0.4 is 4.72 Å². The number of hydrogen-bond donors (Lipinski definition) is 1. The highest BCUT2D eigenvalue weighted by Crippen LogP contribution is 2.20. The van der Waals surface area contributed by atoms with Crippen LogP contribution in [0.1, 0.15) is 16.8 Å². The number of carbonyl (C=O) groups excluding carboxylic acids is 2. The predicted molar refractivity (Wildman–Crippen MR) is 119 cm³/mol. The van der Waals surface area contributed by atoms with Gasteiger partial charge in [0, 0.05) is 45.8 Å². The normalized spacial score (nSPS) is 15.2. The molecule has 0 bridgehead atoms. The number of benzene rings is 2. The molecule has 1 aliphatic heterocycles. The van der Waals surface area contributed by atoms with E-state index in [4.69, 9.17) is 0 Å². The molecular formula is C22H27FN4O4S. The third-order valence-electron chi connectivity index (χ3n) is 5.24. The minimum atomic E-state index is -4.07. The zero-order valence-electron chi connectivity index (χ0n) is 18.1. The monoisotopic (exact) mass is 462 g/mol. The van der Waals surface area contributed by atoms with Crippen molar-refractivity contribution in [3.05, 3.63) is 59.9 Å². The van der Waals surface area contributed by atoms with Crippen molar-refractivity contribution in [1.82, 2.24) is 14.7 Å². The van der Waals surface area contributed by atoms with Gasteiger partial charge in [-0.3, -0.25) is 19.2 Å². The summed E-state index contributed by atoms with van der Waals surface area (Å²) in [7, 11) is -0.658. The maximum absolute atomic E-state index is 13.9. The zero-order chi connectivity index (χ0) is 23.3. The molecule has 3 rings (SSSR count). The lowest BCUT2D eigenvalue weighted by Gasteiger charge is -2.23. The van der Waals surface area contributed by atoms with Crippen LogP contribution in [0.15, 0.2) is 53.4 Å². The second-order valence-corrected chi connectivity index (χ2v) is 9.51. The van der Waals surface area contributed by atoms with Gasteiger partial charge < -0.3 is 9.80 Å². The molecule has 1 saturated heterocycles. The summed E-state index contributed by atoms with van der Waals surface area (Å²) in [5, 5.41) is 0. The molecule has 2 aromatic carbocycles. The van der Waals surface area contributed by atoms with Crippen molar-refractivity contribution >= 4 is 27.5 Å². The summed E-state index contributed by atoms with van der Waals surface area (Å²) in [6.45, 7) is 2.49. The fourth-order valence-electron chi connectivity index (χ4n) is 3.39. The molecular weight excluding hydrogens is 435 g/mol. The maximum Gasteiger partial charge on any atom is 0.262 e. The minimum Gasteiger partial charge on any atom is -0.348 e. The Morgan fingerprint density at radius 3 is 2.50 bits per heavy atom. The molecule has 0 aliphatic carbocycles. The fourth-order valence-corrected chi connectivity index (χ4v) is 4.50. The van der Waals surface area contributed by atoms with Gasteiger partial charge in [0.2, 0.25) is 5.91 Å². The van der Waals surface area contributed by atoms with Crippen molar-refractivity contribution in [3.8, 4) is 0 Å². The van der Waals surface area contributed by atoms with E-state index in [-0.39, 0.29) is 28.0 Å². The SMILES string of the molecule is CN(C)C(=O)CN1CCCN(C(=O)c2cccc(S(=O)(=O)Nc3ccccc3F)c2)CC1. The Bertz CT molecular complexity index is 1090. The summed E-state index contributed by atoms with van der Waals surface area (Å²) in [4.78, 5) is 30.1. The highest BCUT2D eigenvalue weighted by atomic mass is 32.2. The lowest BCUT2D eigenvalue weighted by molar-refractivity contribution is -0.129. The third-order valence-corrected chi connectivity index (χ3v) is 6.61. The molecule has 32 heavy (non-hydrogen) atoms. The smallest absolute Gasteiger partial charge is 0.262 e. The summed E-state index contributed by atoms with van der Waals surface area (Å²) in [5.74, 6) is -0.969. The van der Waals surface area contributed by atoms with Crippen LogP contribution in [-0.2, 0) is 14.8 Å². The van der Waals surface area contributed by atoms with E-state index >= 15 is 0 Å². The van der Waals surface area contributed by atoms with E-state index in [0.717, 1.165) is 6.07 Å². The number of nitrogens with zero attached hydrogens (tertiary/aromatic N) is 3. The number of halogens is 1. The van der Waals surface area contributed by atoms with Crippen LogP contribution in [0.3, 0.4) is 0 Å². The number of carbonyl (C=O) groups is 2. The fraction of sp³-hybridized carbons (Fsp3) is 0.364. The number of nitrogens with one attached hydrogen (secondary N) is 1. The van der Waals surface area contributed by atoms with E-state index in [1.54, 1.807) is 25.1 Å². The Balaban J connectivity index is 1.71. The lowest BCUT2D eigenvalue weighted by atomic mass is 10.2. The van der Waals surface area contributed by atoms with E-state index in [1.165, 1.54) is 41.3 Å². The maximum atomic E-state index is 13.9. The molecule has 0 radical (unpaired) electrons. The first kappa shape index (κ1) is 23.7. The summed E-state index contributed by atoms with van der Waals surface area (Å²) >= 11 is 0. The van der Waals surface area contributed by atoms with Crippen LogP contribution >= 0.6 is 0 Å². The summed E-state index contributed by atoms with van der Waals surface area (Å²) in [5.41, 5.74) is 0.0725. The predicted octanol–water partition coefficient (Wildman–Crippen LogP) is 1.86. The largest absolute Gasteiger partial charge is 0.348 e. The molecule has 1 heterocycles. The standard InChI is InChI=1S/C22H27FN4O4S/c1-25(2)21(28)16-26-11-6-12-27(14-13-26)22(29)17-7-5-8-18(15-17)32(30,31)24-20-10-4-3-9-19(20)23/h3-5,7-10,15,24H,6,11-14,16H2,1-2H3. The molecule has 0 saturated carbocycles. The summed E-state index contributed by atoms with van der Waals surface area (Å²) in [6, 6.07) is 11.2. The Kier molecular flexibility index (Phi) is 7.47. The third kappa shape index (κ3) is 5.83. The van der Waals surface area contributed by atoms with Gasteiger partial charge in [-0.25, -0.2) is 12.8 Å². The Morgan fingerprint density at radius 1 is 1.03 bits per heavy atom. The van der Waals surface area contributed by atoms with E-state index in [9.17, 15) is 22.4 Å². The molecule has 172 valence electrons. The van der Waals surface area contributed by atoms with Crippen LogP contribution in [0.5, 0.6) is 0 Å². The number of rotatable bonds is 6. The van der Waals surface area contributed by atoms with Gasteiger partial charge in [0.25, 0.3) is 15.9 Å². The van der Waals surface area contributed by atoms with Gasteiger partial charge in [-0.1, -0.05) is 18.2 Å². The topological polar surface area (TPSA) is 90.0 Å². The van der Waals surface area contributed by atoms with E-state index < -0.39 is 15.8 Å². The van der Waals surface area contributed by atoms with E-state index in [2.05, 4.69) is 4.72 Å². The molecule has 2 aromatic rings. The van der Waals surface area contributed by atoms with E-state index in [0.29, 0.717) is 39.1 Å². The molecule has 1 aliphatic rings. The molecule has 1 N–H and O–H groups in total. The number of anilines is 1. The van der Waals surface area contributed by atoms with Crippen LogP contribution in [0, 0.1) is 5.82 Å². The van der Waals surface area contributed by atoms with Crippen molar-refractivity contribution in [2.24, 2.45) is 0 Å². The zero-order valence-corrected chi connectivity index (χ0v) is 18.9. The van der Waals surface area contributed by atoms with Gasteiger partial charge >= 0.3 is 0 Å². The molecule has 0 spiro atoms. The Morgan fingerprint density at radius 2 is 1.78 bits per heavy atom. The van der Waals surface area contributed by atoms with Gasteiger partial charge in [-0.05, 0) is 36.8 Å². The highest BCUT2D eigenvalue weighted by molar-refractivity contribution is 7.92. The van der Waals surface area contributed by atoms with Crippen LogP contribution in [-0.4, -0.2) is 81.8 Å². The lowest BCUT2D eigenvalue weighted by Crippen LogP contribution is -2.39. The second-order valence-electron chi connectivity index (χ2n) is 7.82. The second kappa shape index (κ2) is 10.1. The van der Waals surface area contributed by atoms with Gasteiger partial charge in [0.1, 0.15) is 5.82 Å². The average molecular weight is 463 g/mol. The van der Waals surface area contributed by atoms with Gasteiger partial charge in [-0.2, -0.15) is 0 Å². The van der Waals surface area contributed by atoms with Crippen LogP contribution in [0.2, 0.25) is 0 Å². The average Bonchev–Trinajstić information content (AvgIpc) is 3.00. The first-order valence-electron chi connectivity index (χ1n) is 10.3. The van der Waals surface area contributed by atoms with Crippen molar-refractivity contribution in [1.29, 1.82) is 0 Å². The number of amides is 2.